The van der Waals surface area contributed by atoms with E-state index in [0.29, 0.717) is 17.7 Å². The Morgan fingerprint density at radius 1 is 1.22 bits per heavy atom. The second-order valence-electron chi connectivity index (χ2n) is 6.36. The summed E-state index contributed by atoms with van der Waals surface area (Å²) in [6.45, 7) is 2.05. The molecule has 0 fully saturated rings. The minimum Gasteiger partial charge on any atom is -0.399 e. The number of hydrogen-bond acceptors (Lipinski definition) is 4. The normalized spacial score (nSPS) is 11.9. The molecule has 0 saturated carbocycles. The number of nitrogens with zero attached hydrogens (tertiary/aromatic N) is 1. The lowest BCUT2D eigenvalue weighted by Gasteiger charge is -2.17. The molecular formula is C21H22FN3OS. The van der Waals surface area contributed by atoms with E-state index >= 15 is 0 Å². The van der Waals surface area contributed by atoms with Gasteiger partial charge in [-0.25, -0.2) is 9.37 Å². The summed E-state index contributed by atoms with van der Waals surface area (Å²) in [4.78, 5) is 17.2. The molecule has 1 amide bonds. The van der Waals surface area contributed by atoms with Crippen molar-refractivity contribution in [2.75, 3.05) is 5.73 Å². The molecule has 3 aromatic rings. The second-order valence-corrected chi connectivity index (χ2v) is 7.25. The van der Waals surface area contributed by atoms with Crippen LogP contribution in [0.4, 0.5) is 10.1 Å². The highest BCUT2D eigenvalue weighted by atomic mass is 32.1. The fraction of sp³-hybridized carbons (Fsp3) is 0.238. The van der Waals surface area contributed by atoms with E-state index in [4.69, 9.17) is 5.73 Å². The van der Waals surface area contributed by atoms with Gasteiger partial charge in [-0.15, -0.1) is 11.3 Å². The zero-order chi connectivity index (χ0) is 19.2. The van der Waals surface area contributed by atoms with Crippen molar-refractivity contribution in [1.82, 2.24) is 10.3 Å². The molecule has 140 valence electrons. The van der Waals surface area contributed by atoms with E-state index in [1.54, 1.807) is 18.2 Å². The van der Waals surface area contributed by atoms with Gasteiger partial charge in [0.1, 0.15) is 10.8 Å². The van der Waals surface area contributed by atoms with E-state index in [-0.39, 0.29) is 24.2 Å². The van der Waals surface area contributed by atoms with Crippen molar-refractivity contribution >= 4 is 22.9 Å². The van der Waals surface area contributed by atoms with Crippen LogP contribution in [0.3, 0.4) is 0 Å². The van der Waals surface area contributed by atoms with Crippen LogP contribution >= 0.6 is 11.3 Å². The number of carbonyl (C=O) groups excluding carboxylic acids is 1. The van der Waals surface area contributed by atoms with Crippen LogP contribution in [0, 0.1) is 5.82 Å². The van der Waals surface area contributed by atoms with Gasteiger partial charge in [0, 0.05) is 11.1 Å². The molecule has 2 aromatic carbocycles. The Hall–Kier alpha value is -2.73. The van der Waals surface area contributed by atoms with Crippen LogP contribution in [0.2, 0.25) is 0 Å². The SMILES string of the molecule is CCc1csc([C@H](Cc2ccc(N)cc2)NC(=O)Cc2ccccc2F)n1. The molecule has 1 heterocycles. The van der Waals surface area contributed by atoms with Crippen LogP contribution in [-0.2, 0) is 24.1 Å². The number of rotatable bonds is 7. The second kappa shape index (κ2) is 8.77. The third kappa shape index (κ3) is 5.14. The summed E-state index contributed by atoms with van der Waals surface area (Å²) in [5, 5.41) is 5.88. The number of nitrogens with two attached hydrogens (primary N) is 1. The number of aromatic nitrogens is 1. The summed E-state index contributed by atoms with van der Waals surface area (Å²) in [5.41, 5.74) is 8.89. The number of amides is 1. The van der Waals surface area contributed by atoms with Crippen LogP contribution in [-0.4, -0.2) is 10.9 Å². The number of carbonyl (C=O) groups is 1. The highest BCUT2D eigenvalue weighted by Gasteiger charge is 2.19. The summed E-state index contributed by atoms with van der Waals surface area (Å²) >= 11 is 1.53. The number of nitrogen functional groups attached to an aromatic ring is 1. The van der Waals surface area contributed by atoms with Crippen LogP contribution in [0.5, 0.6) is 0 Å². The molecule has 0 spiro atoms. The fourth-order valence-electron chi connectivity index (χ4n) is 2.79. The predicted molar refractivity (Wildman–Crippen MR) is 107 cm³/mol. The van der Waals surface area contributed by atoms with E-state index in [1.165, 1.54) is 17.4 Å². The van der Waals surface area contributed by atoms with E-state index in [1.807, 2.05) is 36.6 Å². The maximum Gasteiger partial charge on any atom is 0.225 e. The van der Waals surface area contributed by atoms with Crippen LogP contribution < -0.4 is 11.1 Å². The Morgan fingerprint density at radius 2 is 1.96 bits per heavy atom. The Kier molecular flexibility index (Phi) is 6.19. The summed E-state index contributed by atoms with van der Waals surface area (Å²) < 4.78 is 13.8. The van der Waals surface area contributed by atoms with Crippen molar-refractivity contribution in [3.05, 3.63) is 81.6 Å². The molecule has 4 nitrogen and oxygen atoms in total. The minimum absolute atomic E-state index is 0.00305. The zero-order valence-corrected chi connectivity index (χ0v) is 15.9. The third-order valence-corrected chi connectivity index (χ3v) is 5.30. The molecule has 0 aliphatic carbocycles. The predicted octanol–water partition coefficient (Wildman–Crippen LogP) is 4.07. The van der Waals surface area contributed by atoms with Crippen molar-refractivity contribution in [1.29, 1.82) is 0 Å². The Bertz CT molecular complexity index is 908. The van der Waals surface area contributed by atoms with Gasteiger partial charge in [-0.3, -0.25) is 4.79 Å². The number of nitrogens with one attached hydrogen (secondary N) is 1. The molecule has 6 heteroatoms. The first-order valence-electron chi connectivity index (χ1n) is 8.86. The Labute approximate surface area is 162 Å². The quantitative estimate of drug-likeness (QED) is 0.604. The molecular weight excluding hydrogens is 361 g/mol. The van der Waals surface area contributed by atoms with Crippen molar-refractivity contribution in [2.24, 2.45) is 0 Å². The number of halogens is 1. The van der Waals surface area contributed by atoms with Gasteiger partial charge in [-0.2, -0.15) is 0 Å². The summed E-state index contributed by atoms with van der Waals surface area (Å²) in [6.07, 6.45) is 1.44. The summed E-state index contributed by atoms with van der Waals surface area (Å²) in [5.74, 6) is -0.598. The largest absolute Gasteiger partial charge is 0.399 e. The molecule has 3 N–H and O–H groups in total. The average Bonchev–Trinajstić information content (AvgIpc) is 3.14. The number of hydrogen-bond donors (Lipinski definition) is 2. The first kappa shape index (κ1) is 19.0. The molecule has 27 heavy (non-hydrogen) atoms. The molecule has 1 aromatic heterocycles. The van der Waals surface area contributed by atoms with Gasteiger partial charge in [-0.1, -0.05) is 37.3 Å². The highest BCUT2D eigenvalue weighted by molar-refractivity contribution is 7.09. The number of thiazole rings is 1. The van der Waals surface area contributed by atoms with Crippen LogP contribution in [0.1, 0.15) is 34.8 Å². The molecule has 0 radical (unpaired) electrons. The molecule has 0 aliphatic heterocycles. The monoisotopic (exact) mass is 383 g/mol. The van der Waals surface area contributed by atoms with Crippen molar-refractivity contribution in [3.63, 3.8) is 0 Å². The third-order valence-electron chi connectivity index (χ3n) is 4.29. The molecule has 3 rings (SSSR count). The zero-order valence-electron chi connectivity index (χ0n) is 15.1. The van der Waals surface area contributed by atoms with E-state index in [9.17, 15) is 9.18 Å². The van der Waals surface area contributed by atoms with Gasteiger partial charge in [0.25, 0.3) is 0 Å². The Balaban J connectivity index is 1.77. The van der Waals surface area contributed by atoms with Crippen molar-refractivity contribution < 1.29 is 9.18 Å². The summed E-state index contributed by atoms with van der Waals surface area (Å²) in [7, 11) is 0. The van der Waals surface area contributed by atoms with Crippen LogP contribution in [0.25, 0.3) is 0 Å². The van der Waals surface area contributed by atoms with E-state index in [2.05, 4.69) is 10.3 Å². The maximum atomic E-state index is 13.8. The lowest BCUT2D eigenvalue weighted by atomic mass is 10.0. The highest BCUT2D eigenvalue weighted by Crippen LogP contribution is 2.23. The number of benzene rings is 2. The fourth-order valence-corrected chi connectivity index (χ4v) is 3.75. The van der Waals surface area contributed by atoms with Gasteiger partial charge in [0.15, 0.2) is 0 Å². The van der Waals surface area contributed by atoms with Crippen LogP contribution in [0.15, 0.2) is 53.9 Å². The minimum atomic E-state index is -0.370. The average molecular weight is 383 g/mol. The van der Waals surface area contributed by atoms with Gasteiger partial charge < -0.3 is 11.1 Å². The maximum absolute atomic E-state index is 13.8. The summed E-state index contributed by atoms with van der Waals surface area (Å²) in [6, 6.07) is 13.6. The molecule has 0 bridgehead atoms. The Morgan fingerprint density at radius 3 is 2.63 bits per heavy atom. The standard InChI is InChI=1S/C21H22FN3OS/c1-2-17-13-27-21(24-17)19(11-14-7-9-16(23)10-8-14)25-20(26)12-15-5-3-4-6-18(15)22/h3-10,13,19H,2,11-12,23H2,1H3,(H,25,26)/t19-/m0/s1. The smallest absolute Gasteiger partial charge is 0.225 e. The number of aryl methyl sites for hydroxylation is 1. The topological polar surface area (TPSA) is 68.0 Å². The molecule has 0 aliphatic rings. The van der Waals surface area contributed by atoms with E-state index in [0.717, 1.165) is 22.7 Å². The first-order chi connectivity index (χ1) is 13.0. The van der Waals surface area contributed by atoms with Gasteiger partial charge in [0.05, 0.1) is 18.2 Å². The molecule has 0 unspecified atom stereocenters. The van der Waals surface area contributed by atoms with Crippen molar-refractivity contribution in [2.45, 2.75) is 32.2 Å². The first-order valence-corrected chi connectivity index (χ1v) is 9.74. The van der Waals surface area contributed by atoms with E-state index < -0.39 is 0 Å². The molecule has 0 saturated heterocycles. The van der Waals surface area contributed by atoms with Gasteiger partial charge in [0.2, 0.25) is 5.91 Å². The number of anilines is 1. The lowest BCUT2D eigenvalue weighted by Crippen LogP contribution is -2.31. The molecule has 1 atom stereocenters. The van der Waals surface area contributed by atoms with Gasteiger partial charge >= 0.3 is 0 Å². The van der Waals surface area contributed by atoms with Crippen molar-refractivity contribution in [3.8, 4) is 0 Å². The van der Waals surface area contributed by atoms with Gasteiger partial charge in [-0.05, 0) is 42.2 Å². The lowest BCUT2D eigenvalue weighted by molar-refractivity contribution is -0.121.